The average Bonchev–Trinajstić information content (AvgIpc) is 2.32. The van der Waals surface area contributed by atoms with Gasteiger partial charge in [0, 0.05) is 0 Å². The molecule has 0 aromatic carbocycles. The molecule has 0 bridgehead atoms. The quantitative estimate of drug-likeness (QED) is 0.685. The van der Waals surface area contributed by atoms with E-state index in [0.717, 1.165) is 0 Å². The first-order valence-corrected chi connectivity index (χ1v) is 3.49. The van der Waals surface area contributed by atoms with Crippen molar-refractivity contribution >= 4 is 11.6 Å². The third-order valence-electron chi connectivity index (χ3n) is 0.983. The summed E-state index contributed by atoms with van der Waals surface area (Å²) in [6.07, 6.45) is -5.50. The highest BCUT2D eigenvalue weighted by molar-refractivity contribution is 6.16. The Bertz CT molecular complexity index is 259. The lowest BCUT2D eigenvalue weighted by Crippen LogP contribution is -2.12. The van der Waals surface area contributed by atoms with E-state index in [9.17, 15) is 13.2 Å². The molecule has 0 radical (unpaired) electrons. The summed E-state index contributed by atoms with van der Waals surface area (Å²) in [5, 5.41) is 3.08. The number of rotatable bonds is 2. The van der Waals surface area contributed by atoms with E-state index < -0.39 is 18.4 Å². The molecule has 3 nitrogen and oxygen atoms in total. The lowest BCUT2D eigenvalue weighted by Gasteiger charge is -1.99. The number of nitrogens with zero attached hydrogens (tertiary/aromatic N) is 2. The van der Waals surface area contributed by atoms with Crippen molar-refractivity contribution in [3.8, 4) is 0 Å². The molecular formula is C5H4ClF3N2O. The fourth-order valence-corrected chi connectivity index (χ4v) is 0.704. The molecule has 1 heterocycles. The van der Waals surface area contributed by atoms with Crippen molar-refractivity contribution in [1.29, 1.82) is 0 Å². The van der Waals surface area contributed by atoms with Crippen LogP contribution in [0, 0.1) is 0 Å². The smallest absolute Gasteiger partial charge is 0.338 e. The first kappa shape index (κ1) is 9.31. The van der Waals surface area contributed by atoms with Crippen LogP contribution in [-0.2, 0) is 12.3 Å². The van der Waals surface area contributed by atoms with Crippen LogP contribution in [0.1, 0.15) is 11.7 Å². The Labute approximate surface area is 70.5 Å². The van der Waals surface area contributed by atoms with Gasteiger partial charge in [-0.3, -0.25) is 0 Å². The number of halogens is 4. The molecule has 0 amide bonds. The summed E-state index contributed by atoms with van der Waals surface area (Å²) in [7, 11) is 0. The van der Waals surface area contributed by atoms with Crippen molar-refractivity contribution in [1.82, 2.24) is 10.1 Å². The second-order valence-corrected chi connectivity index (χ2v) is 2.30. The van der Waals surface area contributed by atoms with Crippen LogP contribution >= 0.6 is 11.6 Å². The normalized spacial score (nSPS) is 12.0. The molecule has 1 aromatic rings. The minimum atomic E-state index is -4.31. The van der Waals surface area contributed by atoms with Crippen LogP contribution in [0.3, 0.4) is 0 Å². The van der Waals surface area contributed by atoms with Crippen LogP contribution < -0.4 is 0 Å². The molecule has 0 aliphatic rings. The lowest BCUT2D eigenvalue weighted by atomic mass is 10.4. The molecule has 1 aromatic heterocycles. The van der Waals surface area contributed by atoms with E-state index >= 15 is 0 Å². The van der Waals surface area contributed by atoms with Gasteiger partial charge in [-0.25, -0.2) is 0 Å². The van der Waals surface area contributed by atoms with Crippen molar-refractivity contribution in [3.05, 3.63) is 11.7 Å². The van der Waals surface area contributed by atoms with Crippen molar-refractivity contribution in [3.63, 3.8) is 0 Å². The molecule has 12 heavy (non-hydrogen) atoms. The molecular weight excluding hydrogens is 197 g/mol. The van der Waals surface area contributed by atoms with E-state index in [4.69, 9.17) is 11.6 Å². The topological polar surface area (TPSA) is 38.9 Å². The largest absolute Gasteiger partial charge is 0.396 e. The van der Waals surface area contributed by atoms with Gasteiger partial charge in [-0.15, -0.1) is 11.6 Å². The predicted octanol–water partition coefficient (Wildman–Crippen LogP) is 1.91. The van der Waals surface area contributed by atoms with Crippen molar-refractivity contribution in [2.45, 2.75) is 18.5 Å². The first-order valence-electron chi connectivity index (χ1n) is 2.95. The van der Waals surface area contributed by atoms with Gasteiger partial charge in [0.05, 0.1) is 0 Å². The van der Waals surface area contributed by atoms with E-state index in [2.05, 4.69) is 14.7 Å². The summed E-state index contributed by atoms with van der Waals surface area (Å²) in [4.78, 5) is 3.38. The summed E-state index contributed by atoms with van der Waals surface area (Å²) in [6.45, 7) is 0. The Balaban J connectivity index is 2.64. The summed E-state index contributed by atoms with van der Waals surface area (Å²) in [5.41, 5.74) is 0. The molecule has 0 saturated heterocycles. The van der Waals surface area contributed by atoms with Gasteiger partial charge in [-0.2, -0.15) is 18.2 Å². The van der Waals surface area contributed by atoms with Gasteiger partial charge in [0.15, 0.2) is 5.82 Å². The molecule has 7 heteroatoms. The zero-order chi connectivity index (χ0) is 9.19. The van der Waals surface area contributed by atoms with Crippen LogP contribution in [-0.4, -0.2) is 16.3 Å². The van der Waals surface area contributed by atoms with Crippen LogP contribution in [0.2, 0.25) is 0 Å². The molecule has 0 saturated carbocycles. The Hall–Kier alpha value is -0.780. The number of aromatic nitrogens is 2. The van der Waals surface area contributed by atoms with Crippen LogP contribution in [0.15, 0.2) is 4.52 Å². The monoisotopic (exact) mass is 200 g/mol. The molecule has 0 unspecified atom stereocenters. The molecule has 0 spiro atoms. The Morgan fingerprint density at radius 3 is 2.50 bits per heavy atom. The maximum Gasteiger partial charge on any atom is 0.396 e. The number of hydrogen-bond donors (Lipinski definition) is 0. The van der Waals surface area contributed by atoms with Gasteiger partial charge >= 0.3 is 6.18 Å². The van der Waals surface area contributed by atoms with Gasteiger partial charge in [0.1, 0.15) is 12.3 Å². The number of alkyl halides is 4. The highest BCUT2D eigenvalue weighted by atomic mass is 35.5. The second-order valence-electron chi connectivity index (χ2n) is 2.03. The van der Waals surface area contributed by atoms with E-state index in [1.807, 2.05) is 0 Å². The van der Waals surface area contributed by atoms with Gasteiger partial charge in [-0.05, 0) is 0 Å². The minimum absolute atomic E-state index is 0.00378. The summed E-state index contributed by atoms with van der Waals surface area (Å²) in [5.74, 6) is -0.473. The van der Waals surface area contributed by atoms with Gasteiger partial charge in [0.2, 0.25) is 5.89 Å². The highest BCUT2D eigenvalue weighted by Gasteiger charge is 2.30. The molecule has 0 N–H and O–H groups in total. The Kier molecular flexibility index (Phi) is 2.56. The highest BCUT2D eigenvalue weighted by Crippen LogP contribution is 2.19. The molecule has 1 rings (SSSR count). The summed E-state index contributed by atoms with van der Waals surface area (Å²) in [6, 6.07) is 0. The molecule has 0 aliphatic heterocycles. The number of hydrogen-bond acceptors (Lipinski definition) is 3. The summed E-state index contributed by atoms with van der Waals surface area (Å²) >= 11 is 5.23. The SMILES string of the molecule is FC(F)(F)Cc1noc(CCl)n1. The lowest BCUT2D eigenvalue weighted by molar-refractivity contribution is -0.128. The van der Waals surface area contributed by atoms with Gasteiger partial charge < -0.3 is 4.52 Å². The Morgan fingerprint density at radius 1 is 1.42 bits per heavy atom. The van der Waals surface area contributed by atoms with E-state index in [1.165, 1.54) is 0 Å². The fourth-order valence-electron chi connectivity index (χ4n) is 0.596. The third kappa shape index (κ3) is 2.69. The average molecular weight is 201 g/mol. The summed E-state index contributed by atoms with van der Waals surface area (Å²) < 4.78 is 39.5. The molecule has 68 valence electrons. The van der Waals surface area contributed by atoms with E-state index in [0.29, 0.717) is 0 Å². The first-order chi connectivity index (χ1) is 5.51. The van der Waals surface area contributed by atoms with Crippen molar-refractivity contribution in [2.24, 2.45) is 0 Å². The van der Waals surface area contributed by atoms with Crippen LogP contribution in [0.25, 0.3) is 0 Å². The standard InChI is InChI=1S/C5H4ClF3N2O/c6-2-4-10-3(11-12-4)1-5(7,8)9/h1-2H2. The molecule has 0 fully saturated rings. The van der Waals surface area contributed by atoms with E-state index in [1.54, 1.807) is 0 Å². The minimum Gasteiger partial charge on any atom is -0.338 e. The zero-order valence-corrected chi connectivity index (χ0v) is 6.48. The van der Waals surface area contributed by atoms with E-state index in [-0.39, 0.29) is 11.8 Å². The zero-order valence-electron chi connectivity index (χ0n) is 5.73. The van der Waals surface area contributed by atoms with Gasteiger partial charge in [0.25, 0.3) is 0 Å². The third-order valence-corrected chi connectivity index (χ3v) is 1.21. The molecule has 0 atom stereocenters. The maximum atomic E-state index is 11.7. The maximum absolute atomic E-state index is 11.7. The van der Waals surface area contributed by atoms with Crippen molar-refractivity contribution in [2.75, 3.05) is 0 Å². The fraction of sp³-hybridized carbons (Fsp3) is 0.600. The van der Waals surface area contributed by atoms with Crippen LogP contribution in [0.4, 0.5) is 13.2 Å². The van der Waals surface area contributed by atoms with Crippen LogP contribution in [0.5, 0.6) is 0 Å². The Morgan fingerprint density at radius 2 is 2.08 bits per heavy atom. The molecule has 0 aliphatic carbocycles. The predicted molar refractivity (Wildman–Crippen MR) is 33.6 cm³/mol. The van der Waals surface area contributed by atoms with Crippen molar-refractivity contribution < 1.29 is 17.7 Å². The second kappa shape index (κ2) is 3.30. The van der Waals surface area contributed by atoms with Gasteiger partial charge in [-0.1, -0.05) is 5.16 Å².